The third kappa shape index (κ3) is 5.59. The highest BCUT2D eigenvalue weighted by molar-refractivity contribution is 6.30. The van der Waals surface area contributed by atoms with E-state index in [2.05, 4.69) is 10.6 Å². The fraction of sp³-hybridized carbons (Fsp3) is 0.417. The summed E-state index contributed by atoms with van der Waals surface area (Å²) in [5.41, 5.74) is 1.68. The van der Waals surface area contributed by atoms with Crippen molar-refractivity contribution in [3.63, 3.8) is 0 Å². The Kier molecular flexibility index (Phi) is 7.16. The predicted molar refractivity (Wildman–Crippen MR) is 123 cm³/mol. The Morgan fingerprint density at radius 2 is 1.61 bits per heavy atom. The Hall–Kier alpha value is -2.08. The summed E-state index contributed by atoms with van der Waals surface area (Å²) in [6.45, 7) is 0.940. The number of benzene rings is 2. The average molecular weight is 460 g/mol. The molecule has 1 saturated carbocycles. The van der Waals surface area contributed by atoms with Gasteiger partial charge in [0.2, 0.25) is 5.91 Å². The lowest BCUT2D eigenvalue weighted by molar-refractivity contribution is -0.131. The van der Waals surface area contributed by atoms with Gasteiger partial charge >= 0.3 is 0 Å². The normalized spacial score (nSPS) is 23.0. The molecule has 0 aromatic heterocycles. The first kappa shape index (κ1) is 22.1. The molecule has 2 amide bonds. The highest BCUT2D eigenvalue weighted by atomic mass is 35.5. The summed E-state index contributed by atoms with van der Waals surface area (Å²) >= 11 is 12.0. The first-order valence-electron chi connectivity index (χ1n) is 10.9. The highest BCUT2D eigenvalue weighted by Gasteiger charge is 2.38. The fourth-order valence-corrected chi connectivity index (χ4v) is 4.76. The van der Waals surface area contributed by atoms with Crippen molar-refractivity contribution in [1.29, 1.82) is 0 Å². The number of amides is 2. The summed E-state index contributed by atoms with van der Waals surface area (Å²) in [4.78, 5) is 27.7. The monoisotopic (exact) mass is 459 g/mol. The van der Waals surface area contributed by atoms with Crippen LogP contribution in [-0.4, -0.2) is 42.0 Å². The molecule has 2 aromatic rings. The molecule has 3 unspecified atom stereocenters. The van der Waals surface area contributed by atoms with Gasteiger partial charge in [-0.3, -0.25) is 14.9 Å². The van der Waals surface area contributed by atoms with Gasteiger partial charge in [0.05, 0.1) is 18.6 Å². The van der Waals surface area contributed by atoms with E-state index in [-0.39, 0.29) is 29.9 Å². The molecule has 1 aliphatic carbocycles. The van der Waals surface area contributed by atoms with E-state index in [4.69, 9.17) is 23.2 Å². The number of nitrogens with one attached hydrogen (secondary N) is 2. The van der Waals surface area contributed by atoms with Crippen molar-refractivity contribution in [2.24, 2.45) is 5.92 Å². The van der Waals surface area contributed by atoms with E-state index in [1.165, 1.54) is 0 Å². The Bertz CT molecular complexity index is 917. The molecule has 1 aliphatic heterocycles. The van der Waals surface area contributed by atoms with Crippen molar-refractivity contribution in [1.82, 2.24) is 15.5 Å². The lowest BCUT2D eigenvalue weighted by Gasteiger charge is -2.41. The summed E-state index contributed by atoms with van der Waals surface area (Å²) in [6, 6.07) is 14.8. The SMILES string of the molecule is O=C1NC(CN(CCc2ccc(Cl)cc2)C(=O)c2ccc(Cl)cc2)NC2CCCCC12. The number of nitrogens with zero attached hydrogens (tertiary/aromatic N) is 1. The van der Waals surface area contributed by atoms with Crippen LogP contribution in [0.3, 0.4) is 0 Å². The minimum absolute atomic E-state index is 0.0412. The standard InChI is InChI=1S/C24H27Cl2N3O2/c25-18-9-5-16(6-10-18)13-14-29(24(31)17-7-11-19(26)12-8-17)15-22-27-21-4-2-1-3-20(21)23(30)28-22/h5-12,20-22,27H,1-4,13-15H2,(H,28,30). The number of fused-ring (bicyclic) bond motifs is 1. The van der Waals surface area contributed by atoms with Gasteiger partial charge in [-0.1, -0.05) is 48.2 Å². The van der Waals surface area contributed by atoms with Crippen molar-refractivity contribution in [3.05, 3.63) is 69.7 Å². The molecule has 4 rings (SSSR count). The van der Waals surface area contributed by atoms with E-state index < -0.39 is 0 Å². The Balaban J connectivity index is 1.48. The second-order valence-electron chi connectivity index (χ2n) is 8.36. The summed E-state index contributed by atoms with van der Waals surface area (Å²) in [5.74, 6) is 0.0666. The molecule has 2 aromatic carbocycles. The van der Waals surface area contributed by atoms with E-state index in [1.54, 1.807) is 29.2 Å². The van der Waals surface area contributed by atoms with Gasteiger partial charge < -0.3 is 10.2 Å². The minimum Gasteiger partial charge on any atom is -0.339 e. The summed E-state index contributed by atoms with van der Waals surface area (Å²) in [7, 11) is 0. The second kappa shape index (κ2) is 10.0. The summed E-state index contributed by atoms with van der Waals surface area (Å²) < 4.78 is 0. The predicted octanol–water partition coefficient (Wildman–Crippen LogP) is 4.28. The second-order valence-corrected chi connectivity index (χ2v) is 9.23. The third-order valence-electron chi connectivity index (χ3n) is 6.20. The molecule has 2 fully saturated rings. The number of hydrogen-bond donors (Lipinski definition) is 2. The van der Waals surface area contributed by atoms with Crippen LogP contribution in [0.5, 0.6) is 0 Å². The van der Waals surface area contributed by atoms with E-state index in [1.807, 2.05) is 24.3 Å². The molecule has 0 spiro atoms. The molecule has 1 saturated heterocycles. The Morgan fingerprint density at radius 3 is 2.32 bits per heavy atom. The lowest BCUT2D eigenvalue weighted by Crippen LogP contribution is -2.65. The summed E-state index contributed by atoms with van der Waals surface area (Å²) in [6.07, 6.45) is 4.61. The Morgan fingerprint density at radius 1 is 0.968 bits per heavy atom. The van der Waals surface area contributed by atoms with Gasteiger partial charge in [0.1, 0.15) is 0 Å². The molecular weight excluding hydrogens is 433 g/mol. The average Bonchev–Trinajstić information content (AvgIpc) is 2.78. The van der Waals surface area contributed by atoms with Gasteiger partial charge in [-0.05, 0) is 61.2 Å². The Labute approximate surface area is 193 Å². The fourth-order valence-electron chi connectivity index (χ4n) is 4.51. The van der Waals surface area contributed by atoms with Crippen LogP contribution in [0.15, 0.2) is 48.5 Å². The zero-order valence-corrected chi connectivity index (χ0v) is 18.8. The maximum absolute atomic E-state index is 13.3. The molecular formula is C24H27Cl2N3O2. The molecule has 1 heterocycles. The quantitative estimate of drug-likeness (QED) is 0.677. The van der Waals surface area contributed by atoms with Crippen LogP contribution >= 0.6 is 23.2 Å². The number of carbonyl (C=O) groups excluding carboxylic acids is 2. The molecule has 2 N–H and O–H groups in total. The van der Waals surface area contributed by atoms with Crippen molar-refractivity contribution in [2.45, 2.75) is 44.3 Å². The van der Waals surface area contributed by atoms with Crippen molar-refractivity contribution in [3.8, 4) is 0 Å². The van der Waals surface area contributed by atoms with Crippen LogP contribution in [-0.2, 0) is 11.2 Å². The van der Waals surface area contributed by atoms with E-state index in [9.17, 15) is 9.59 Å². The van der Waals surface area contributed by atoms with Gasteiger partial charge in [0.25, 0.3) is 5.91 Å². The highest BCUT2D eigenvalue weighted by Crippen LogP contribution is 2.27. The van der Waals surface area contributed by atoms with E-state index in [0.717, 1.165) is 31.2 Å². The number of hydrogen-bond acceptors (Lipinski definition) is 3. The van der Waals surface area contributed by atoms with Crippen LogP contribution in [0.2, 0.25) is 10.0 Å². The molecule has 31 heavy (non-hydrogen) atoms. The molecule has 5 nitrogen and oxygen atoms in total. The van der Waals surface area contributed by atoms with Gasteiger partial charge in [-0.2, -0.15) is 0 Å². The summed E-state index contributed by atoms with van der Waals surface area (Å²) in [5, 5.41) is 7.94. The molecule has 3 atom stereocenters. The molecule has 2 aliphatic rings. The first-order chi connectivity index (χ1) is 15.0. The number of carbonyl (C=O) groups is 2. The topological polar surface area (TPSA) is 61.4 Å². The van der Waals surface area contributed by atoms with E-state index >= 15 is 0 Å². The van der Waals surface area contributed by atoms with Gasteiger partial charge in [-0.15, -0.1) is 0 Å². The first-order valence-corrected chi connectivity index (χ1v) is 11.6. The maximum atomic E-state index is 13.3. The van der Waals surface area contributed by atoms with Crippen molar-refractivity contribution >= 4 is 35.0 Å². The minimum atomic E-state index is -0.256. The molecule has 7 heteroatoms. The zero-order chi connectivity index (χ0) is 21.8. The van der Waals surface area contributed by atoms with Crippen LogP contribution in [0.25, 0.3) is 0 Å². The van der Waals surface area contributed by atoms with Gasteiger partial charge in [0.15, 0.2) is 0 Å². The van der Waals surface area contributed by atoms with Crippen LogP contribution < -0.4 is 10.6 Å². The van der Waals surface area contributed by atoms with Crippen molar-refractivity contribution in [2.75, 3.05) is 13.1 Å². The smallest absolute Gasteiger partial charge is 0.253 e. The van der Waals surface area contributed by atoms with Gasteiger partial charge in [-0.25, -0.2) is 0 Å². The maximum Gasteiger partial charge on any atom is 0.253 e. The zero-order valence-electron chi connectivity index (χ0n) is 17.3. The largest absolute Gasteiger partial charge is 0.339 e. The third-order valence-corrected chi connectivity index (χ3v) is 6.70. The number of halogens is 2. The van der Waals surface area contributed by atoms with Gasteiger partial charge in [0, 0.05) is 28.2 Å². The molecule has 164 valence electrons. The van der Waals surface area contributed by atoms with Crippen LogP contribution in [0.1, 0.15) is 41.6 Å². The number of rotatable bonds is 6. The lowest BCUT2D eigenvalue weighted by atomic mass is 9.82. The van der Waals surface area contributed by atoms with Crippen LogP contribution in [0.4, 0.5) is 0 Å². The molecule has 0 radical (unpaired) electrons. The van der Waals surface area contributed by atoms with Crippen molar-refractivity contribution < 1.29 is 9.59 Å². The molecule has 0 bridgehead atoms. The van der Waals surface area contributed by atoms with Crippen LogP contribution in [0, 0.1) is 5.92 Å². The van der Waals surface area contributed by atoms with E-state index in [0.29, 0.717) is 35.1 Å².